The lowest BCUT2D eigenvalue weighted by molar-refractivity contribution is -0.140. The third kappa shape index (κ3) is 17.5. The molecule has 1 aliphatic heterocycles. The largest absolute Gasteiger partial charge is 0.475 e. The average molecular weight is 1520 g/mol. The third-order valence-corrected chi connectivity index (χ3v) is 24.7. The molecule has 1 N–H and O–H groups in total. The number of unbranched alkanes of at least 4 members (excludes halogenated alkanes) is 1. The number of anilines is 1. The van der Waals surface area contributed by atoms with Gasteiger partial charge in [-0.2, -0.15) is 13.8 Å². The minimum atomic E-state index is -5.29. The third-order valence-electron chi connectivity index (χ3n) is 21.8. The molecule has 1 saturated heterocycles. The van der Waals surface area contributed by atoms with Crippen molar-refractivity contribution in [1.29, 1.82) is 0 Å². The number of hydrogen-bond donors (Lipinski definition) is 1. The first-order valence-corrected chi connectivity index (χ1v) is 41.3. The Bertz CT molecular complexity index is 4800. The summed E-state index contributed by atoms with van der Waals surface area (Å²) in [4.78, 5) is 32.1. The van der Waals surface area contributed by atoms with Crippen molar-refractivity contribution in [2.45, 2.75) is 154 Å². The van der Waals surface area contributed by atoms with Gasteiger partial charge in [0.05, 0.1) is 33.0 Å². The first-order valence-electron chi connectivity index (χ1n) is 38.3. The van der Waals surface area contributed by atoms with Crippen molar-refractivity contribution >= 4 is 27.4 Å². The molecule has 3 atom stereocenters. The van der Waals surface area contributed by atoms with Gasteiger partial charge < -0.3 is 10.1 Å². The molecule has 14 rings (SSSR count). The number of phosphoric acid groups is 2. The predicted molar refractivity (Wildman–Crippen MR) is 431 cm³/mol. The number of carbonyl (C=O) groups excluding carboxylic acids is 1. The van der Waals surface area contributed by atoms with E-state index >= 15 is 17.9 Å². The number of halogens is 2. The highest BCUT2D eigenvalue weighted by atomic mass is 31.2. The molecule has 0 saturated carbocycles. The molecule has 4 aliphatic carbocycles. The molecule has 568 valence electrons. The van der Waals surface area contributed by atoms with Gasteiger partial charge in [-0.05, 0) is 194 Å². The molecule has 9 aromatic rings. The molecule has 0 radical (unpaired) electrons. The van der Waals surface area contributed by atoms with Crippen molar-refractivity contribution in [3.63, 3.8) is 0 Å². The van der Waals surface area contributed by atoms with E-state index in [9.17, 15) is 9.59 Å². The second kappa shape index (κ2) is 34.6. The number of amides is 1. The van der Waals surface area contributed by atoms with Gasteiger partial charge in [0.15, 0.2) is 6.10 Å². The SMILES string of the molecule is CC(C)=CCC/C(C)=C/CC/C(C)=C/CC/C=C(\C)CC/C=C(\C)CCC(=O)Nc1ccn([C@@H]2O[C@H](COP(=O)(OCC3c4ccccc4-c4ccccc43)OCC3c4ccccc4-c4ccccc43)[C@@H](OP(=O)(OCC3c4ccccc4-c4ccccc43)OCC3c4ccccc4-c4ccccc43)C2(F)F)c(=O)n1. The maximum absolute atomic E-state index is 18.5. The molecule has 2 heterocycles. The summed E-state index contributed by atoms with van der Waals surface area (Å²) in [6.07, 6.45) is 13.7. The number of nitrogens with one attached hydrogen (secondary N) is 1. The van der Waals surface area contributed by atoms with Crippen LogP contribution in [0.15, 0.2) is 269 Å². The number of ether oxygens (including phenoxy) is 1. The maximum atomic E-state index is 18.5. The van der Waals surface area contributed by atoms with E-state index < -0.39 is 81.9 Å². The van der Waals surface area contributed by atoms with Gasteiger partial charge in [-0.3, -0.25) is 36.5 Å². The molecule has 18 heteroatoms. The molecule has 14 nitrogen and oxygen atoms in total. The summed E-state index contributed by atoms with van der Waals surface area (Å²) in [5.41, 5.74) is 20.0. The van der Waals surface area contributed by atoms with Crippen LogP contribution in [0.25, 0.3) is 44.5 Å². The lowest BCUT2D eigenvalue weighted by atomic mass is 9.98. The number of benzene rings is 8. The fourth-order valence-electron chi connectivity index (χ4n) is 16.1. The van der Waals surface area contributed by atoms with Crippen molar-refractivity contribution < 1.29 is 54.6 Å². The van der Waals surface area contributed by atoms with Gasteiger partial charge in [0.2, 0.25) is 12.1 Å². The zero-order valence-corrected chi connectivity index (χ0v) is 65.0. The maximum Gasteiger partial charge on any atom is 0.475 e. The molecule has 1 aromatic heterocycles. The normalized spacial score (nSPS) is 17.5. The molecular formula is C92H95F2N3O11P2. The highest BCUT2D eigenvalue weighted by Crippen LogP contribution is 2.61. The lowest BCUT2D eigenvalue weighted by Crippen LogP contribution is -2.43. The smallest absolute Gasteiger partial charge is 0.343 e. The van der Waals surface area contributed by atoms with Gasteiger partial charge in [-0.15, -0.1) is 0 Å². The summed E-state index contributed by atoms with van der Waals surface area (Å²) in [7, 11) is -10.2. The highest BCUT2D eigenvalue weighted by Gasteiger charge is 2.64. The molecule has 0 unspecified atom stereocenters. The van der Waals surface area contributed by atoms with Crippen molar-refractivity contribution in [1.82, 2.24) is 9.55 Å². The van der Waals surface area contributed by atoms with Gasteiger partial charge in [-0.25, -0.2) is 13.9 Å². The second-order valence-corrected chi connectivity index (χ2v) is 33.0. The quantitative estimate of drug-likeness (QED) is 0.0231. The first kappa shape index (κ1) is 77.6. The van der Waals surface area contributed by atoms with E-state index in [4.69, 9.17) is 31.9 Å². The van der Waals surface area contributed by atoms with Crippen LogP contribution in [-0.2, 0) is 45.8 Å². The van der Waals surface area contributed by atoms with E-state index in [1.807, 2.05) is 201 Å². The lowest BCUT2D eigenvalue weighted by Gasteiger charge is -2.29. The summed E-state index contributed by atoms with van der Waals surface area (Å²) in [6, 6.07) is 63.6. The molecule has 0 spiro atoms. The first-order chi connectivity index (χ1) is 53.3. The molecule has 1 amide bonds. The van der Waals surface area contributed by atoms with Crippen molar-refractivity contribution in [2.75, 3.05) is 38.4 Å². The number of allylic oxidation sites excluding steroid dienone is 10. The Hall–Kier alpha value is -9.15. The zero-order valence-electron chi connectivity index (χ0n) is 63.2. The standard InChI is InChI=1S/C92H95F2N3O11P2/c1-61(2)28-25-31-64(5)34-26-32-62(3)29-7-8-30-63(4)33-27-35-65(6)52-53-88(98)95-87-54-55-97(91(99)96-87)90-92(93,94)89(108-110(101,104-58-84-78-48-21-13-40-70(78)71-41-14-22-49-79(71)84)105-59-85-80-50-23-15-42-72(80)73-43-16-24-51-81(73)85)86(107-90)60-106-109(100,102-56-82-74-44-17-9-36-66(74)67-37-10-18-45-75(67)82)103-57-83-76-46-19-11-38-68(76)69-39-12-20-47-77(69)83/h9-24,28-30,34-51,54-55,82-86,89-90H,7-8,25-27,31-33,52-53,56-60H2,1-6H3,(H,95,96,98,99)/b62-29+,63-30+,64-34+,65-35+/t86-,89-,90-/m1/s1. The van der Waals surface area contributed by atoms with E-state index in [2.05, 4.69) is 75.3 Å². The molecule has 110 heavy (non-hydrogen) atoms. The summed E-state index contributed by atoms with van der Waals surface area (Å²) in [5.74, 6) is -6.94. The number of phosphoric ester groups is 2. The zero-order chi connectivity index (χ0) is 76.5. The second-order valence-electron chi connectivity index (χ2n) is 29.7. The molecule has 8 aromatic carbocycles. The van der Waals surface area contributed by atoms with E-state index in [1.165, 1.54) is 28.4 Å². The Labute approximate surface area is 644 Å². The molecular weight excluding hydrogens is 1420 g/mol. The van der Waals surface area contributed by atoms with Crippen LogP contribution in [0.4, 0.5) is 14.6 Å². The highest BCUT2D eigenvalue weighted by molar-refractivity contribution is 7.48. The number of alkyl halides is 2. The number of carbonyl (C=O) groups is 1. The van der Waals surface area contributed by atoms with Crippen LogP contribution in [0.1, 0.15) is 180 Å². The number of aromatic nitrogens is 2. The van der Waals surface area contributed by atoms with Crippen LogP contribution in [0.3, 0.4) is 0 Å². The van der Waals surface area contributed by atoms with Gasteiger partial charge in [-0.1, -0.05) is 252 Å². The van der Waals surface area contributed by atoms with Crippen LogP contribution >= 0.6 is 15.6 Å². The van der Waals surface area contributed by atoms with E-state index in [-0.39, 0.29) is 38.7 Å². The minimum Gasteiger partial charge on any atom is -0.343 e. The summed E-state index contributed by atoms with van der Waals surface area (Å²) < 4.78 is 115. The van der Waals surface area contributed by atoms with Crippen LogP contribution in [0.2, 0.25) is 0 Å². The molecule has 1 fully saturated rings. The fraction of sp³-hybridized carbons (Fsp3) is 0.315. The topological polar surface area (TPSA) is 163 Å². The average Bonchev–Trinajstić information content (AvgIpc) is 1.56. The van der Waals surface area contributed by atoms with Crippen molar-refractivity contribution in [2.24, 2.45) is 0 Å². The minimum absolute atomic E-state index is 0.0624. The van der Waals surface area contributed by atoms with Gasteiger partial charge >= 0.3 is 27.3 Å². The molecule has 5 aliphatic rings. The summed E-state index contributed by atoms with van der Waals surface area (Å²) in [6.45, 7) is 10.7. The predicted octanol–water partition coefficient (Wildman–Crippen LogP) is 23.3. The summed E-state index contributed by atoms with van der Waals surface area (Å²) >= 11 is 0. The number of rotatable bonds is 34. The van der Waals surface area contributed by atoms with Crippen LogP contribution in [-0.4, -0.2) is 66.6 Å². The van der Waals surface area contributed by atoms with E-state index in [1.54, 1.807) is 0 Å². The fourth-order valence-corrected chi connectivity index (χ4v) is 18.7. The number of fused-ring (bicyclic) bond motifs is 12. The Morgan fingerprint density at radius 1 is 0.427 bits per heavy atom. The monoisotopic (exact) mass is 1520 g/mol. The summed E-state index contributed by atoms with van der Waals surface area (Å²) in [5, 5.41) is 2.67. The van der Waals surface area contributed by atoms with Crippen molar-refractivity contribution in [3.05, 3.63) is 320 Å². The van der Waals surface area contributed by atoms with Gasteiger partial charge in [0.25, 0.3) is 0 Å². The Morgan fingerprint density at radius 3 is 1.08 bits per heavy atom. The van der Waals surface area contributed by atoms with Gasteiger partial charge in [0.1, 0.15) is 11.9 Å². The van der Waals surface area contributed by atoms with Crippen molar-refractivity contribution in [3.8, 4) is 44.5 Å². The number of hydrogen-bond acceptors (Lipinski definition) is 12. The number of nitrogens with zero attached hydrogens (tertiary/aromatic N) is 2. The Balaban J connectivity index is 0.722. The van der Waals surface area contributed by atoms with Gasteiger partial charge in [0, 0.05) is 36.3 Å². The van der Waals surface area contributed by atoms with E-state index in [0.717, 1.165) is 152 Å². The Morgan fingerprint density at radius 2 is 0.736 bits per heavy atom. The van der Waals surface area contributed by atoms with Crippen LogP contribution < -0.4 is 11.0 Å². The van der Waals surface area contributed by atoms with E-state index in [0.29, 0.717) is 11.0 Å². The van der Waals surface area contributed by atoms with Crippen LogP contribution in [0.5, 0.6) is 0 Å². The van der Waals surface area contributed by atoms with Crippen LogP contribution in [0, 0.1) is 0 Å². The Kier molecular flexibility index (Phi) is 24.4. The molecule has 0 bridgehead atoms.